The molecular weight excluding hydrogens is 401 g/mol. The van der Waals surface area contributed by atoms with E-state index >= 15 is 0 Å². The number of thioether (sulfide) groups is 1. The van der Waals surface area contributed by atoms with Gasteiger partial charge in [-0.05, 0) is 36.6 Å². The summed E-state index contributed by atoms with van der Waals surface area (Å²) < 4.78 is 14.8. The number of halogens is 1. The molecule has 0 spiro atoms. The highest BCUT2D eigenvalue weighted by molar-refractivity contribution is 8.04. The largest absolute Gasteiger partial charge is 0.365 e. The van der Waals surface area contributed by atoms with Crippen LogP contribution in [0.5, 0.6) is 0 Å². The summed E-state index contributed by atoms with van der Waals surface area (Å²) >= 11 is 1.41. The van der Waals surface area contributed by atoms with E-state index in [2.05, 4.69) is 27.3 Å². The van der Waals surface area contributed by atoms with Gasteiger partial charge in [0.2, 0.25) is 0 Å². The molecule has 0 saturated heterocycles. The van der Waals surface area contributed by atoms with Gasteiger partial charge in [-0.2, -0.15) is 0 Å². The summed E-state index contributed by atoms with van der Waals surface area (Å²) in [6, 6.07) is 16.5. The Labute approximate surface area is 178 Å². The lowest BCUT2D eigenvalue weighted by atomic mass is 10.1. The molecule has 0 radical (unpaired) electrons. The maximum atomic E-state index is 13.1. The molecule has 0 saturated carbocycles. The van der Waals surface area contributed by atoms with Gasteiger partial charge in [-0.1, -0.05) is 59.4 Å². The number of amides is 1. The van der Waals surface area contributed by atoms with Crippen LogP contribution in [0.2, 0.25) is 0 Å². The van der Waals surface area contributed by atoms with Gasteiger partial charge >= 0.3 is 0 Å². The molecule has 8 heteroatoms. The van der Waals surface area contributed by atoms with Crippen molar-refractivity contribution in [1.29, 1.82) is 0 Å². The van der Waals surface area contributed by atoms with E-state index in [1.165, 1.54) is 23.9 Å². The average molecular weight is 424 g/mol. The number of hydrogen-bond acceptors (Lipinski definition) is 5. The summed E-state index contributed by atoms with van der Waals surface area (Å²) in [6.07, 6.45) is 2.62. The van der Waals surface area contributed by atoms with Crippen molar-refractivity contribution in [3.8, 4) is 0 Å². The highest BCUT2D eigenvalue weighted by Gasteiger charge is 2.35. The fourth-order valence-electron chi connectivity index (χ4n) is 3.44. The van der Waals surface area contributed by atoms with Crippen molar-refractivity contribution in [2.24, 2.45) is 5.73 Å². The van der Waals surface area contributed by atoms with Crippen LogP contribution in [-0.2, 0) is 24.3 Å². The van der Waals surface area contributed by atoms with Crippen molar-refractivity contribution < 1.29 is 9.18 Å². The number of nitrogens with zero attached hydrogens (tertiary/aromatic N) is 4. The van der Waals surface area contributed by atoms with E-state index < -0.39 is 5.91 Å². The summed E-state index contributed by atoms with van der Waals surface area (Å²) in [5.41, 5.74) is 9.38. The van der Waals surface area contributed by atoms with Gasteiger partial charge in [0.15, 0.2) is 0 Å². The summed E-state index contributed by atoms with van der Waals surface area (Å²) in [6.45, 7) is 3.18. The summed E-state index contributed by atoms with van der Waals surface area (Å²) in [5.74, 6) is -0.673. The van der Waals surface area contributed by atoms with Crippen LogP contribution in [0, 0.1) is 5.82 Å². The molecule has 1 unspecified atom stereocenters. The number of nitrogens with two attached hydrogens (primary N) is 1. The molecule has 1 aliphatic heterocycles. The minimum atomic E-state index is -0.429. The van der Waals surface area contributed by atoms with E-state index in [0.717, 1.165) is 28.9 Å². The van der Waals surface area contributed by atoms with Crippen molar-refractivity contribution >= 4 is 17.7 Å². The number of carbonyl (C=O) groups excluding carboxylic acids is 1. The first-order valence-electron chi connectivity index (χ1n) is 9.63. The second kappa shape index (κ2) is 8.71. The lowest BCUT2D eigenvalue weighted by Crippen LogP contribution is -2.22. The Morgan fingerprint density at radius 2 is 1.87 bits per heavy atom. The zero-order valence-electron chi connectivity index (χ0n) is 16.5. The maximum Gasteiger partial charge on any atom is 0.256 e. The van der Waals surface area contributed by atoms with Crippen LogP contribution in [0.25, 0.3) is 0 Å². The summed E-state index contributed by atoms with van der Waals surface area (Å²) in [5, 5.41) is 8.43. The van der Waals surface area contributed by atoms with Crippen molar-refractivity contribution in [2.45, 2.75) is 31.8 Å². The van der Waals surface area contributed by atoms with Crippen molar-refractivity contribution in [3.63, 3.8) is 0 Å². The quantitative estimate of drug-likeness (QED) is 0.628. The number of primary amides is 1. The lowest BCUT2D eigenvalue weighted by Gasteiger charge is -2.26. The Morgan fingerprint density at radius 3 is 2.57 bits per heavy atom. The second-order valence-corrected chi connectivity index (χ2v) is 8.24. The van der Waals surface area contributed by atoms with Gasteiger partial charge in [0.1, 0.15) is 16.9 Å². The molecule has 6 nitrogen and oxygen atoms in total. The van der Waals surface area contributed by atoms with Crippen molar-refractivity contribution in [3.05, 3.63) is 94.0 Å². The number of rotatable bonds is 7. The van der Waals surface area contributed by atoms with Crippen LogP contribution >= 0.6 is 11.8 Å². The molecule has 4 rings (SSSR count). The minimum Gasteiger partial charge on any atom is -0.365 e. The van der Waals surface area contributed by atoms with Crippen molar-refractivity contribution in [2.75, 3.05) is 0 Å². The molecule has 2 heterocycles. The molecule has 1 amide bonds. The van der Waals surface area contributed by atoms with E-state index in [9.17, 15) is 9.18 Å². The number of benzene rings is 2. The molecule has 0 bridgehead atoms. The Balaban J connectivity index is 1.51. The third-order valence-corrected chi connectivity index (χ3v) is 6.50. The average Bonchev–Trinajstić information content (AvgIpc) is 3.33. The molecule has 1 atom stereocenters. The van der Waals surface area contributed by atoms with Crippen LogP contribution < -0.4 is 5.73 Å². The van der Waals surface area contributed by atoms with E-state index in [-0.39, 0.29) is 11.2 Å². The molecule has 1 aliphatic rings. The van der Waals surface area contributed by atoms with Crippen molar-refractivity contribution in [1.82, 2.24) is 19.9 Å². The SMILES string of the molecule is CC1=C(C(N)=O)SC(c2cn(CCc3ccc(F)cc3)nn2)N1Cc1ccccc1. The van der Waals surface area contributed by atoms with Gasteiger partial charge < -0.3 is 10.6 Å². The van der Waals surface area contributed by atoms with E-state index in [4.69, 9.17) is 5.73 Å². The second-order valence-electron chi connectivity index (χ2n) is 7.15. The minimum absolute atomic E-state index is 0.174. The van der Waals surface area contributed by atoms with Gasteiger partial charge in [-0.3, -0.25) is 9.48 Å². The van der Waals surface area contributed by atoms with Crippen LogP contribution in [0.3, 0.4) is 0 Å². The number of allylic oxidation sites excluding steroid dienone is 1. The van der Waals surface area contributed by atoms with Gasteiger partial charge in [0, 0.05) is 18.8 Å². The number of hydrogen-bond donors (Lipinski definition) is 1. The normalized spacial score (nSPS) is 16.3. The zero-order chi connectivity index (χ0) is 21.1. The lowest BCUT2D eigenvalue weighted by molar-refractivity contribution is -0.114. The molecule has 2 N–H and O–H groups in total. The maximum absolute atomic E-state index is 13.1. The zero-order valence-corrected chi connectivity index (χ0v) is 17.3. The van der Waals surface area contributed by atoms with Crippen LogP contribution in [0.1, 0.15) is 29.1 Å². The molecule has 1 aromatic heterocycles. The Hall–Kier alpha value is -3.13. The summed E-state index contributed by atoms with van der Waals surface area (Å²) in [4.78, 5) is 14.6. The molecule has 30 heavy (non-hydrogen) atoms. The van der Waals surface area contributed by atoms with Crippen LogP contribution in [-0.4, -0.2) is 25.8 Å². The Morgan fingerprint density at radius 1 is 1.13 bits per heavy atom. The number of carbonyl (C=O) groups is 1. The van der Waals surface area contributed by atoms with Gasteiger partial charge in [-0.15, -0.1) is 5.10 Å². The fourth-order valence-corrected chi connectivity index (χ4v) is 4.65. The molecule has 0 fully saturated rings. The van der Waals surface area contributed by atoms with E-state index in [1.807, 2.05) is 31.3 Å². The predicted molar refractivity (Wildman–Crippen MR) is 114 cm³/mol. The summed E-state index contributed by atoms with van der Waals surface area (Å²) in [7, 11) is 0. The first-order valence-corrected chi connectivity index (χ1v) is 10.5. The van der Waals surface area contributed by atoms with Gasteiger partial charge in [0.05, 0.1) is 11.1 Å². The first kappa shape index (κ1) is 20.2. The fraction of sp³-hybridized carbons (Fsp3) is 0.227. The van der Waals surface area contributed by atoms with Gasteiger partial charge in [0.25, 0.3) is 5.91 Å². The van der Waals surface area contributed by atoms with Gasteiger partial charge in [-0.25, -0.2) is 4.39 Å². The van der Waals surface area contributed by atoms with E-state index in [0.29, 0.717) is 18.0 Å². The van der Waals surface area contributed by atoms with Crippen LogP contribution in [0.4, 0.5) is 4.39 Å². The van der Waals surface area contributed by atoms with E-state index in [1.54, 1.807) is 16.8 Å². The van der Waals surface area contributed by atoms with Crippen LogP contribution in [0.15, 0.2) is 71.4 Å². The smallest absolute Gasteiger partial charge is 0.256 e. The molecule has 3 aromatic rings. The Kier molecular flexibility index (Phi) is 5.85. The highest BCUT2D eigenvalue weighted by Crippen LogP contribution is 2.47. The Bertz CT molecular complexity index is 1060. The molecular formula is C22H22FN5OS. The molecule has 0 aliphatic carbocycles. The highest BCUT2D eigenvalue weighted by atomic mass is 32.2. The third kappa shape index (κ3) is 4.38. The molecule has 154 valence electrons. The standard InChI is InChI=1S/C22H22FN5OS/c1-15-20(21(24)29)30-22(28(15)13-17-5-3-2-4-6-17)19-14-27(26-25-19)12-11-16-7-9-18(23)10-8-16/h2-10,14,22H,11-13H2,1H3,(H2,24,29). The number of aryl methyl sites for hydroxylation is 2. The third-order valence-electron chi connectivity index (χ3n) is 5.04. The molecule has 2 aromatic carbocycles. The number of aromatic nitrogens is 3. The first-order chi connectivity index (χ1) is 14.5. The monoisotopic (exact) mass is 423 g/mol. The predicted octanol–water partition coefficient (Wildman–Crippen LogP) is 3.62. The topological polar surface area (TPSA) is 77.0 Å².